The SMILES string of the molecule is COC(=O)[C@@]1(OC)C[C@@H](OCc2ccccc2)[C@@H](OCc2ccccc2)[C@@H]([C@@H](CO[C@]2(C(=O)OC)C[C@@H](OCc3ccccc3)[C@@H](OCc3ccccc3)[C@@H]([C@@H](COCc3ccccc3)OCc3ccccc3)O2)OCc2ccccc2)O1. The van der Waals surface area contributed by atoms with Crippen molar-refractivity contribution >= 4 is 11.9 Å². The lowest BCUT2D eigenvalue weighted by Crippen LogP contribution is -2.66. The summed E-state index contributed by atoms with van der Waals surface area (Å²) in [4.78, 5) is 29.3. The van der Waals surface area contributed by atoms with Gasteiger partial charge in [0.2, 0.25) is 0 Å². The van der Waals surface area contributed by atoms with E-state index in [9.17, 15) is 4.79 Å². The number of hydrogen-bond acceptors (Lipinski definition) is 15. The van der Waals surface area contributed by atoms with Crippen LogP contribution in [0.15, 0.2) is 212 Å². The standard InChI is InChI=1S/C68H74O15/c1-71-65(69)67(73-3)39-57(75-42-51-27-13-5-14-28-51)61(79-46-55-35-21-9-22-36-55)64(82-67)60(78-45-54-33-19-8-20-34-54)49-81-68(66(70)72-2)40-58(76-43-52-29-15-6-16-30-52)62(80-47-56-37-23-10-24-38-56)63(83-68)59(77-44-53-31-17-7-18-32-53)48-74-41-50-25-11-4-12-26-50/h4-38,57-64H,39-49H2,1-3H3/t57-,58-,59-,60-,61-,62-,63-,64-,67-,68-/m1/s1. The summed E-state index contributed by atoms with van der Waals surface area (Å²) in [7, 11) is 3.91. The molecule has 15 nitrogen and oxygen atoms in total. The lowest BCUT2D eigenvalue weighted by molar-refractivity contribution is -0.355. The van der Waals surface area contributed by atoms with E-state index in [1.54, 1.807) is 0 Å². The lowest BCUT2D eigenvalue weighted by Gasteiger charge is -2.49. The first-order valence-corrected chi connectivity index (χ1v) is 28.0. The molecule has 10 atom stereocenters. The van der Waals surface area contributed by atoms with Gasteiger partial charge >= 0.3 is 11.9 Å². The van der Waals surface area contributed by atoms with E-state index >= 15 is 4.79 Å². The zero-order chi connectivity index (χ0) is 57.5. The number of carbonyl (C=O) groups excluding carboxylic acids is 2. The third-order valence-electron chi connectivity index (χ3n) is 14.7. The molecule has 83 heavy (non-hydrogen) atoms. The summed E-state index contributed by atoms with van der Waals surface area (Å²) in [6.07, 6.45) is -8.41. The maximum atomic E-state index is 15.1. The normalized spacial score (nSPS) is 23.2. The molecule has 2 aliphatic heterocycles. The van der Waals surface area contributed by atoms with E-state index in [4.69, 9.17) is 61.6 Å². The summed E-state index contributed by atoms with van der Waals surface area (Å²) in [5, 5.41) is 0. The first kappa shape index (κ1) is 60.6. The minimum absolute atomic E-state index is 0.00356. The minimum Gasteiger partial charge on any atom is -0.465 e. The summed E-state index contributed by atoms with van der Waals surface area (Å²) in [6, 6.07) is 68.0. The molecule has 2 saturated heterocycles. The summed E-state index contributed by atoms with van der Waals surface area (Å²) in [5.41, 5.74) is 6.19. The van der Waals surface area contributed by atoms with E-state index in [1.807, 2.05) is 212 Å². The Kier molecular flexibility index (Phi) is 22.7. The van der Waals surface area contributed by atoms with Crippen LogP contribution in [0.3, 0.4) is 0 Å². The van der Waals surface area contributed by atoms with Crippen LogP contribution in [-0.4, -0.2) is 107 Å². The Balaban J connectivity index is 1.13. The van der Waals surface area contributed by atoms with Crippen LogP contribution >= 0.6 is 0 Å². The molecule has 0 saturated carbocycles. The fraction of sp³-hybridized carbons (Fsp3) is 0.353. The van der Waals surface area contributed by atoms with Gasteiger partial charge < -0.3 is 61.6 Å². The summed E-state index contributed by atoms with van der Waals surface area (Å²) < 4.78 is 86.5. The van der Waals surface area contributed by atoms with Crippen molar-refractivity contribution in [3.8, 4) is 0 Å². The molecule has 0 spiro atoms. The molecule has 2 heterocycles. The van der Waals surface area contributed by atoms with Crippen LogP contribution < -0.4 is 0 Å². The van der Waals surface area contributed by atoms with Gasteiger partial charge in [-0.15, -0.1) is 0 Å². The first-order valence-electron chi connectivity index (χ1n) is 28.0. The number of benzene rings is 7. The second-order valence-corrected chi connectivity index (χ2v) is 20.4. The molecule has 9 rings (SSSR count). The van der Waals surface area contributed by atoms with Crippen LogP contribution in [0.4, 0.5) is 0 Å². The molecule has 0 bridgehead atoms. The van der Waals surface area contributed by atoms with E-state index in [2.05, 4.69) is 0 Å². The smallest absolute Gasteiger partial charge is 0.366 e. The van der Waals surface area contributed by atoms with E-state index in [0.717, 1.165) is 38.9 Å². The largest absolute Gasteiger partial charge is 0.465 e. The van der Waals surface area contributed by atoms with Gasteiger partial charge in [-0.1, -0.05) is 212 Å². The van der Waals surface area contributed by atoms with Gasteiger partial charge in [0.15, 0.2) is 0 Å². The zero-order valence-corrected chi connectivity index (χ0v) is 47.2. The van der Waals surface area contributed by atoms with Crippen molar-refractivity contribution in [3.05, 3.63) is 251 Å². The predicted octanol–water partition coefficient (Wildman–Crippen LogP) is 10.7. The van der Waals surface area contributed by atoms with Gasteiger partial charge in [-0.25, -0.2) is 9.59 Å². The zero-order valence-electron chi connectivity index (χ0n) is 47.2. The minimum atomic E-state index is -2.24. The molecule has 0 amide bonds. The number of esters is 2. The highest BCUT2D eigenvalue weighted by Gasteiger charge is 2.60. The number of hydrogen-bond donors (Lipinski definition) is 0. The molecule has 0 radical (unpaired) electrons. The topological polar surface area (TPSA) is 154 Å². The lowest BCUT2D eigenvalue weighted by atomic mass is 9.90. The Bertz CT molecular complexity index is 2960. The molecule has 7 aromatic rings. The molecule has 0 aliphatic carbocycles. The van der Waals surface area contributed by atoms with Crippen molar-refractivity contribution in [2.24, 2.45) is 0 Å². The van der Waals surface area contributed by atoms with Gasteiger partial charge in [0.1, 0.15) is 36.6 Å². The van der Waals surface area contributed by atoms with Crippen molar-refractivity contribution in [1.82, 2.24) is 0 Å². The molecule has 0 unspecified atom stereocenters. The Morgan fingerprint density at radius 1 is 0.398 bits per heavy atom. The number of ether oxygens (including phenoxy) is 13. The van der Waals surface area contributed by atoms with Crippen LogP contribution in [0, 0.1) is 0 Å². The van der Waals surface area contributed by atoms with Crippen LogP contribution in [0.25, 0.3) is 0 Å². The predicted molar refractivity (Wildman–Crippen MR) is 308 cm³/mol. The van der Waals surface area contributed by atoms with E-state index < -0.39 is 79.0 Å². The summed E-state index contributed by atoms with van der Waals surface area (Å²) >= 11 is 0. The van der Waals surface area contributed by atoms with Crippen LogP contribution in [0.2, 0.25) is 0 Å². The summed E-state index contributed by atoms with van der Waals surface area (Å²) in [6.45, 7) is 0.589. The first-order chi connectivity index (χ1) is 40.8. The number of carbonyl (C=O) groups is 2. The molecule has 2 fully saturated rings. The van der Waals surface area contributed by atoms with Gasteiger partial charge in [0.25, 0.3) is 11.6 Å². The molecular formula is C68H74O15. The van der Waals surface area contributed by atoms with Gasteiger partial charge in [-0.05, 0) is 38.9 Å². The molecule has 0 aromatic heterocycles. The van der Waals surface area contributed by atoms with Crippen molar-refractivity contribution in [2.45, 2.75) is 119 Å². The van der Waals surface area contributed by atoms with Crippen molar-refractivity contribution < 1.29 is 71.2 Å². The highest BCUT2D eigenvalue weighted by Crippen LogP contribution is 2.41. The molecule has 0 N–H and O–H groups in total. The second-order valence-electron chi connectivity index (χ2n) is 20.4. The highest BCUT2D eigenvalue weighted by molar-refractivity contribution is 5.78. The average Bonchev–Trinajstić information content (AvgIpc) is 2.98. The number of rotatable bonds is 30. The third-order valence-corrected chi connectivity index (χ3v) is 14.7. The van der Waals surface area contributed by atoms with Crippen molar-refractivity contribution in [3.63, 3.8) is 0 Å². The van der Waals surface area contributed by atoms with Crippen LogP contribution in [0.1, 0.15) is 51.8 Å². The van der Waals surface area contributed by atoms with Gasteiger partial charge in [0, 0.05) is 20.0 Å². The molecule has 436 valence electrons. The van der Waals surface area contributed by atoms with Crippen molar-refractivity contribution in [1.29, 1.82) is 0 Å². The van der Waals surface area contributed by atoms with Gasteiger partial charge in [-0.2, -0.15) is 0 Å². The van der Waals surface area contributed by atoms with Crippen LogP contribution in [-0.2, 0) is 117 Å². The maximum absolute atomic E-state index is 15.1. The van der Waals surface area contributed by atoms with Gasteiger partial charge in [-0.3, -0.25) is 0 Å². The van der Waals surface area contributed by atoms with Crippen molar-refractivity contribution in [2.75, 3.05) is 34.5 Å². The van der Waals surface area contributed by atoms with Gasteiger partial charge in [0.05, 0.1) is 85.9 Å². The third kappa shape index (κ3) is 16.9. The Morgan fingerprint density at radius 3 is 1.06 bits per heavy atom. The van der Waals surface area contributed by atoms with Crippen LogP contribution in [0.5, 0.6) is 0 Å². The maximum Gasteiger partial charge on any atom is 0.366 e. The molecule has 15 heteroatoms. The Morgan fingerprint density at radius 2 is 0.699 bits per heavy atom. The Labute approximate surface area is 486 Å². The second kappa shape index (κ2) is 31.1. The van der Waals surface area contributed by atoms with E-state index in [-0.39, 0.29) is 65.7 Å². The fourth-order valence-electron chi connectivity index (χ4n) is 10.3. The average molecular weight is 1130 g/mol. The summed E-state index contributed by atoms with van der Waals surface area (Å²) in [5.74, 6) is -5.92. The molecule has 2 aliphatic rings. The van der Waals surface area contributed by atoms with E-state index in [0.29, 0.717) is 0 Å². The Hall–Kier alpha value is -6.96. The number of methoxy groups -OCH3 is 3. The highest BCUT2D eigenvalue weighted by atomic mass is 16.8. The monoisotopic (exact) mass is 1130 g/mol. The molecule has 7 aromatic carbocycles. The van der Waals surface area contributed by atoms with E-state index in [1.165, 1.54) is 21.3 Å². The molecular weight excluding hydrogens is 1060 g/mol. The fourth-order valence-corrected chi connectivity index (χ4v) is 10.3. The quantitative estimate of drug-likeness (QED) is 0.0392.